The van der Waals surface area contributed by atoms with E-state index in [9.17, 15) is 0 Å². The van der Waals surface area contributed by atoms with Crippen LogP contribution < -0.4 is 0 Å². The van der Waals surface area contributed by atoms with Crippen molar-refractivity contribution in [1.29, 1.82) is 0 Å². The van der Waals surface area contributed by atoms with Crippen LogP contribution in [0, 0.1) is 0 Å². The Bertz CT molecular complexity index is 604. The highest BCUT2D eigenvalue weighted by Crippen LogP contribution is 2.36. The first-order chi connectivity index (χ1) is 9.49. The van der Waals surface area contributed by atoms with Crippen molar-refractivity contribution in [2.24, 2.45) is 0 Å². The summed E-state index contributed by atoms with van der Waals surface area (Å²) in [7, 11) is 0.816. The first kappa shape index (κ1) is 15.8. The van der Waals surface area contributed by atoms with Crippen molar-refractivity contribution in [2.45, 2.75) is 6.92 Å². The topological polar surface area (TPSA) is 0 Å². The molecule has 1 heteroatoms. The van der Waals surface area contributed by atoms with Gasteiger partial charge in [-0.25, -0.2) is 0 Å². The van der Waals surface area contributed by atoms with Gasteiger partial charge < -0.3 is 0 Å². The van der Waals surface area contributed by atoms with E-state index in [1.54, 1.807) is 12.2 Å². The molecule has 0 aromatic carbocycles. The lowest BCUT2D eigenvalue weighted by Gasteiger charge is -2.12. The van der Waals surface area contributed by atoms with E-state index >= 15 is 0 Å². The summed E-state index contributed by atoms with van der Waals surface area (Å²) in [6.45, 7) is 25.5. The Morgan fingerprint density at radius 1 is 1.00 bits per heavy atom. The Kier molecular flexibility index (Phi) is 5.34. The van der Waals surface area contributed by atoms with Crippen LogP contribution >= 0.6 is 0 Å². The highest BCUT2D eigenvalue weighted by atomic mass is 14.2. The van der Waals surface area contributed by atoms with Crippen molar-refractivity contribution in [2.75, 3.05) is 0 Å². The first-order valence-corrected chi connectivity index (χ1v) is 6.53. The van der Waals surface area contributed by atoms with Gasteiger partial charge in [-0.2, -0.15) is 0 Å². The standard InChI is InChI=1S/C19H21B/c1-8-13(5)12-15(7)18-16(10-3)17(11-4)20-19(18)14(6)9-2/h8-12,20H,1-6H2,7H3/b15-12+. The predicted octanol–water partition coefficient (Wildman–Crippen LogP) is 4.75. The van der Waals surface area contributed by atoms with Gasteiger partial charge in [-0.05, 0) is 34.8 Å². The second kappa shape index (κ2) is 6.77. The summed E-state index contributed by atoms with van der Waals surface area (Å²) < 4.78 is 0. The maximum atomic E-state index is 4.08. The molecule has 20 heavy (non-hydrogen) atoms. The van der Waals surface area contributed by atoms with Crippen LogP contribution in [0.5, 0.6) is 0 Å². The Morgan fingerprint density at radius 3 is 2.10 bits per heavy atom. The van der Waals surface area contributed by atoms with E-state index in [1.807, 2.05) is 18.2 Å². The summed E-state index contributed by atoms with van der Waals surface area (Å²) in [5.41, 5.74) is 7.56. The summed E-state index contributed by atoms with van der Waals surface area (Å²) in [4.78, 5) is 0. The third-order valence-corrected chi connectivity index (χ3v) is 3.43. The molecule has 0 bridgehead atoms. The second-order valence-electron chi connectivity index (χ2n) is 4.71. The van der Waals surface area contributed by atoms with Gasteiger partial charge in [0.2, 0.25) is 0 Å². The fourth-order valence-corrected chi connectivity index (χ4v) is 2.37. The molecule has 0 radical (unpaired) electrons. The number of hydrogen-bond donors (Lipinski definition) is 0. The molecule has 0 aromatic heterocycles. The lowest BCUT2D eigenvalue weighted by molar-refractivity contribution is 1.35. The third-order valence-electron chi connectivity index (χ3n) is 3.43. The van der Waals surface area contributed by atoms with Gasteiger partial charge in [-0.1, -0.05) is 80.8 Å². The molecule has 0 unspecified atom stereocenters. The van der Waals surface area contributed by atoms with Gasteiger partial charge in [0.05, 0.1) is 0 Å². The molecule has 0 saturated heterocycles. The average molecular weight is 260 g/mol. The first-order valence-electron chi connectivity index (χ1n) is 6.53. The molecular weight excluding hydrogens is 239 g/mol. The molecule has 1 aliphatic heterocycles. The minimum atomic E-state index is 0.816. The Hall–Kier alpha value is -2.28. The molecule has 0 spiro atoms. The number of rotatable bonds is 7. The second-order valence-corrected chi connectivity index (χ2v) is 4.71. The Balaban J connectivity index is 3.50. The summed E-state index contributed by atoms with van der Waals surface area (Å²) in [5.74, 6) is 0. The zero-order chi connectivity index (χ0) is 15.3. The van der Waals surface area contributed by atoms with E-state index in [2.05, 4.69) is 46.4 Å². The van der Waals surface area contributed by atoms with Crippen molar-refractivity contribution >= 4 is 7.28 Å². The van der Waals surface area contributed by atoms with Gasteiger partial charge in [0, 0.05) is 0 Å². The van der Waals surface area contributed by atoms with Crippen LogP contribution in [0.15, 0.2) is 109 Å². The van der Waals surface area contributed by atoms with Gasteiger partial charge in [-0.3, -0.25) is 0 Å². The van der Waals surface area contributed by atoms with Gasteiger partial charge in [0.1, 0.15) is 0 Å². The van der Waals surface area contributed by atoms with Gasteiger partial charge in [-0.15, -0.1) is 0 Å². The summed E-state index contributed by atoms with van der Waals surface area (Å²) in [6, 6.07) is 0. The van der Waals surface area contributed by atoms with Gasteiger partial charge >= 0.3 is 0 Å². The van der Waals surface area contributed by atoms with Crippen molar-refractivity contribution in [1.82, 2.24) is 0 Å². The zero-order valence-electron chi connectivity index (χ0n) is 12.3. The minimum absolute atomic E-state index is 0.816. The van der Waals surface area contributed by atoms with E-state index in [1.165, 1.54) is 10.9 Å². The monoisotopic (exact) mass is 260 g/mol. The summed E-state index contributed by atoms with van der Waals surface area (Å²) in [5, 5.41) is 0. The maximum Gasteiger partial charge on any atom is 0.194 e. The van der Waals surface area contributed by atoms with Gasteiger partial charge in [0.15, 0.2) is 7.28 Å². The molecule has 1 rings (SSSR count). The summed E-state index contributed by atoms with van der Waals surface area (Å²) in [6.07, 6.45) is 9.32. The van der Waals surface area contributed by atoms with Crippen LogP contribution in [-0.4, -0.2) is 7.28 Å². The van der Waals surface area contributed by atoms with Crippen molar-refractivity contribution in [3.8, 4) is 0 Å². The molecule has 100 valence electrons. The quantitative estimate of drug-likeness (QED) is 0.458. The molecule has 0 atom stereocenters. The van der Waals surface area contributed by atoms with Crippen molar-refractivity contribution < 1.29 is 0 Å². The molecule has 0 amide bonds. The van der Waals surface area contributed by atoms with E-state index in [0.717, 1.165) is 35.1 Å². The molecule has 1 aliphatic rings. The molecule has 1 heterocycles. The number of allylic oxidation sites excluding steroid dienone is 12. The third kappa shape index (κ3) is 3.00. The SMILES string of the molecule is C=CC(=C)/C=C(\C)C1=C(C(=C)C=C)BC(C=C)=C1C=C. The van der Waals surface area contributed by atoms with E-state index in [0.29, 0.717) is 0 Å². The maximum absolute atomic E-state index is 4.08. The normalized spacial score (nSPS) is 14.8. The fourth-order valence-electron chi connectivity index (χ4n) is 2.37. The van der Waals surface area contributed by atoms with Gasteiger partial charge in [0.25, 0.3) is 0 Å². The molecular formula is C19H21B. The lowest BCUT2D eigenvalue weighted by Crippen LogP contribution is -1.98. The minimum Gasteiger partial charge on any atom is -0.0996 e. The lowest BCUT2D eigenvalue weighted by atomic mass is 9.63. The van der Waals surface area contributed by atoms with E-state index in [-0.39, 0.29) is 0 Å². The number of hydrogen-bond acceptors (Lipinski definition) is 0. The summed E-state index contributed by atoms with van der Waals surface area (Å²) >= 11 is 0. The van der Waals surface area contributed by atoms with Crippen LogP contribution in [-0.2, 0) is 0 Å². The van der Waals surface area contributed by atoms with E-state index in [4.69, 9.17) is 0 Å². The van der Waals surface area contributed by atoms with Crippen LogP contribution in [0.25, 0.3) is 0 Å². The fraction of sp³-hybridized carbons (Fsp3) is 0.0526. The highest BCUT2D eigenvalue weighted by molar-refractivity contribution is 6.59. The van der Waals surface area contributed by atoms with Crippen molar-refractivity contribution in [3.63, 3.8) is 0 Å². The van der Waals surface area contributed by atoms with Crippen LogP contribution in [0.3, 0.4) is 0 Å². The average Bonchev–Trinajstić information content (AvgIpc) is 2.84. The molecule has 0 N–H and O–H groups in total. The molecule has 0 aliphatic carbocycles. The zero-order valence-corrected chi connectivity index (χ0v) is 12.3. The molecule has 0 nitrogen and oxygen atoms in total. The van der Waals surface area contributed by atoms with E-state index < -0.39 is 0 Å². The molecule has 0 saturated carbocycles. The van der Waals surface area contributed by atoms with Crippen LogP contribution in [0.1, 0.15) is 6.92 Å². The van der Waals surface area contributed by atoms with Crippen molar-refractivity contribution in [3.05, 3.63) is 109 Å². The Labute approximate surface area is 123 Å². The smallest absolute Gasteiger partial charge is 0.0996 e. The van der Waals surface area contributed by atoms with Crippen LogP contribution in [0.2, 0.25) is 0 Å². The predicted molar refractivity (Wildman–Crippen MR) is 94.0 cm³/mol. The molecule has 0 fully saturated rings. The Morgan fingerprint density at radius 2 is 1.65 bits per heavy atom. The molecule has 0 aromatic rings. The highest BCUT2D eigenvalue weighted by Gasteiger charge is 2.23. The van der Waals surface area contributed by atoms with Crippen LogP contribution in [0.4, 0.5) is 0 Å². The largest absolute Gasteiger partial charge is 0.194 e.